The molecule has 30 heavy (non-hydrogen) atoms. The Balaban J connectivity index is 0.00000256. The molecule has 8 nitrogen and oxygen atoms in total. The van der Waals surface area contributed by atoms with Crippen LogP contribution in [0.1, 0.15) is 44.0 Å². The summed E-state index contributed by atoms with van der Waals surface area (Å²) in [5.41, 5.74) is 0.994. The van der Waals surface area contributed by atoms with E-state index in [0.717, 1.165) is 18.5 Å². The number of rotatable bonds is 5. The van der Waals surface area contributed by atoms with Crippen molar-refractivity contribution in [3.05, 3.63) is 51.2 Å². The van der Waals surface area contributed by atoms with E-state index in [0.29, 0.717) is 28.9 Å². The minimum atomic E-state index is -0.377. The summed E-state index contributed by atoms with van der Waals surface area (Å²) in [6.07, 6.45) is 3.30. The highest BCUT2D eigenvalue weighted by molar-refractivity contribution is 7.20. The predicted molar refractivity (Wildman–Crippen MR) is 120 cm³/mol. The fraction of sp³-hybridized carbons (Fsp3) is 0.421. The molecular weight excluding hydrogens is 447 g/mol. The van der Waals surface area contributed by atoms with Crippen molar-refractivity contribution < 1.29 is 4.79 Å². The second kappa shape index (κ2) is 9.28. The number of aromatic nitrogens is 4. The quantitative estimate of drug-likeness (QED) is 0.618. The highest BCUT2D eigenvalue weighted by atomic mass is 35.5. The van der Waals surface area contributed by atoms with Gasteiger partial charge in [-0.05, 0) is 30.9 Å². The van der Waals surface area contributed by atoms with E-state index < -0.39 is 0 Å². The van der Waals surface area contributed by atoms with Gasteiger partial charge >= 0.3 is 0 Å². The standard InChI is InChI=1S/C19H21ClN6O2S.ClH/c1-11(2)15-14(20)17(28)26-18(23-15)29-19(24-26)25-9-5-7-13(25)16(27)22-10-12-6-3-4-8-21-12;/h3-4,6,8,11,13H,5,7,9-10H2,1-2H3,(H,22,27);1H/t13-;/m1./s1. The zero-order valence-corrected chi connectivity index (χ0v) is 18.9. The average molecular weight is 469 g/mol. The molecule has 1 atom stereocenters. The lowest BCUT2D eigenvalue weighted by molar-refractivity contribution is -0.122. The summed E-state index contributed by atoms with van der Waals surface area (Å²) < 4.78 is 1.23. The van der Waals surface area contributed by atoms with E-state index in [2.05, 4.69) is 20.4 Å². The number of nitrogens with zero attached hydrogens (tertiary/aromatic N) is 5. The third kappa shape index (κ3) is 4.28. The van der Waals surface area contributed by atoms with Gasteiger partial charge < -0.3 is 10.2 Å². The number of carbonyl (C=O) groups is 1. The van der Waals surface area contributed by atoms with E-state index in [-0.39, 0.29) is 40.9 Å². The maximum absolute atomic E-state index is 12.8. The van der Waals surface area contributed by atoms with E-state index >= 15 is 0 Å². The van der Waals surface area contributed by atoms with Crippen LogP contribution in [-0.4, -0.2) is 38.1 Å². The molecule has 0 aliphatic carbocycles. The fourth-order valence-electron chi connectivity index (χ4n) is 3.40. The Morgan fingerprint density at radius 2 is 2.20 bits per heavy atom. The van der Waals surface area contributed by atoms with E-state index in [1.54, 1.807) is 6.20 Å². The van der Waals surface area contributed by atoms with E-state index in [4.69, 9.17) is 11.6 Å². The smallest absolute Gasteiger partial charge is 0.294 e. The molecule has 0 unspecified atom stereocenters. The van der Waals surface area contributed by atoms with Crippen molar-refractivity contribution >= 4 is 51.3 Å². The molecule has 0 bridgehead atoms. The summed E-state index contributed by atoms with van der Waals surface area (Å²) in [7, 11) is 0. The van der Waals surface area contributed by atoms with Crippen LogP contribution in [0.3, 0.4) is 0 Å². The summed E-state index contributed by atoms with van der Waals surface area (Å²) >= 11 is 7.50. The van der Waals surface area contributed by atoms with Crippen LogP contribution in [0.25, 0.3) is 4.96 Å². The normalized spacial score (nSPS) is 16.1. The summed E-state index contributed by atoms with van der Waals surface area (Å²) in [5.74, 6) is -0.0451. The molecule has 0 radical (unpaired) electrons. The Morgan fingerprint density at radius 3 is 2.90 bits per heavy atom. The van der Waals surface area contributed by atoms with Crippen LogP contribution in [0.2, 0.25) is 5.02 Å². The first-order valence-electron chi connectivity index (χ1n) is 9.49. The maximum Gasteiger partial charge on any atom is 0.294 e. The number of fused-ring (bicyclic) bond motifs is 1. The van der Waals surface area contributed by atoms with Gasteiger partial charge in [0.1, 0.15) is 11.1 Å². The Morgan fingerprint density at radius 1 is 1.40 bits per heavy atom. The first kappa shape index (κ1) is 22.5. The van der Waals surface area contributed by atoms with Crippen LogP contribution in [0.15, 0.2) is 29.2 Å². The van der Waals surface area contributed by atoms with Crippen LogP contribution < -0.4 is 15.8 Å². The molecular formula is C19H22Cl2N6O2S. The second-order valence-electron chi connectivity index (χ2n) is 7.24. The molecule has 1 amide bonds. The van der Waals surface area contributed by atoms with Crippen molar-refractivity contribution in [1.82, 2.24) is 24.9 Å². The van der Waals surface area contributed by atoms with Gasteiger partial charge in [0, 0.05) is 12.7 Å². The van der Waals surface area contributed by atoms with Crippen LogP contribution >= 0.6 is 35.3 Å². The number of nitrogens with one attached hydrogen (secondary N) is 1. The first-order chi connectivity index (χ1) is 14.0. The molecule has 1 N–H and O–H groups in total. The van der Waals surface area contributed by atoms with Crippen LogP contribution in [-0.2, 0) is 11.3 Å². The predicted octanol–water partition coefficient (Wildman–Crippen LogP) is 3.03. The van der Waals surface area contributed by atoms with Gasteiger partial charge in [-0.25, -0.2) is 4.98 Å². The van der Waals surface area contributed by atoms with Crippen molar-refractivity contribution in [3.8, 4) is 0 Å². The summed E-state index contributed by atoms with van der Waals surface area (Å²) in [6.45, 7) is 4.95. The molecule has 3 aromatic rings. The molecule has 4 heterocycles. The number of anilines is 1. The number of hydrogen-bond donors (Lipinski definition) is 1. The average Bonchev–Trinajstić information content (AvgIpc) is 3.36. The largest absolute Gasteiger partial charge is 0.349 e. The fourth-order valence-corrected chi connectivity index (χ4v) is 4.71. The molecule has 1 saturated heterocycles. The minimum absolute atomic E-state index is 0. The molecule has 1 aliphatic rings. The number of amides is 1. The zero-order chi connectivity index (χ0) is 20.5. The SMILES string of the molecule is CC(C)c1nc2sc(N3CCC[C@@H]3C(=O)NCc3ccccn3)nn2c(=O)c1Cl.Cl. The summed E-state index contributed by atoms with van der Waals surface area (Å²) in [6, 6.07) is 5.26. The Bertz CT molecular complexity index is 1100. The molecule has 3 aromatic heterocycles. The topological polar surface area (TPSA) is 92.5 Å². The lowest BCUT2D eigenvalue weighted by atomic mass is 10.1. The number of hydrogen-bond acceptors (Lipinski definition) is 7. The van der Waals surface area contributed by atoms with Gasteiger partial charge in [-0.15, -0.1) is 17.5 Å². The van der Waals surface area contributed by atoms with Gasteiger partial charge in [0.05, 0.1) is 17.9 Å². The van der Waals surface area contributed by atoms with Crippen molar-refractivity contribution in [2.45, 2.75) is 45.2 Å². The molecule has 0 spiro atoms. The van der Waals surface area contributed by atoms with Crippen molar-refractivity contribution in [2.75, 3.05) is 11.4 Å². The summed E-state index contributed by atoms with van der Waals surface area (Å²) in [4.78, 5) is 36.5. The monoisotopic (exact) mass is 468 g/mol. The van der Waals surface area contributed by atoms with E-state index in [1.807, 2.05) is 36.9 Å². The van der Waals surface area contributed by atoms with Gasteiger partial charge in [0.15, 0.2) is 0 Å². The van der Waals surface area contributed by atoms with Crippen molar-refractivity contribution in [3.63, 3.8) is 0 Å². The molecule has 11 heteroatoms. The first-order valence-corrected chi connectivity index (χ1v) is 10.7. The maximum atomic E-state index is 12.8. The summed E-state index contributed by atoms with van der Waals surface area (Å²) in [5, 5.41) is 8.06. The van der Waals surface area contributed by atoms with Crippen LogP contribution in [0, 0.1) is 0 Å². The highest BCUT2D eigenvalue weighted by Gasteiger charge is 2.33. The molecule has 0 saturated carbocycles. The van der Waals surface area contributed by atoms with Crippen molar-refractivity contribution in [1.29, 1.82) is 0 Å². The van der Waals surface area contributed by atoms with E-state index in [9.17, 15) is 9.59 Å². The van der Waals surface area contributed by atoms with Gasteiger partial charge in [-0.2, -0.15) is 4.52 Å². The Labute approximate surface area is 188 Å². The molecule has 1 aliphatic heterocycles. The van der Waals surface area contributed by atoms with Crippen LogP contribution in [0.4, 0.5) is 5.13 Å². The van der Waals surface area contributed by atoms with Gasteiger partial charge in [0.2, 0.25) is 16.0 Å². The van der Waals surface area contributed by atoms with Gasteiger partial charge in [0.25, 0.3) is 5.56 Å². The Hall–Kier alpha value is -2.23. The van der Waals surface area contributed by atoms with Gasteiger partial charge in [-0.1, -0.05) is 42.9 Å². The highest BCUT2D eigenvalue weighted by Crippen LogP contribution is 2.30. The number of carbonyl (C=O) groups excluding carboxylic acids is 1. The number of halogens is 2. The second-order valence-corrected chi connectivity index (χ2v) is 8.55. The molecule has 0 aromatic carbocycles. The molecule has 1 fully saturated rings. The Kier molecular flexibility index (Phi) is 6.95. The minimum Gasteiger partial charge on any atom is -0.349 e. The molecule has 4 rings (SSSR count). The zero-order valence-electron chi connectivity index (χ0n) is 16.5. The van der Waals surface area contributed by atoms with Gasteiger partial charge in [-0.3, -0.25) is 14.6 Å². The van der Waals surface area contributed by atoms with E-state index in [1.165, 1.54) is 15.9 Å². The van der Waals surface area contributed by atoms with Crippen molar-refractivity contribution in [2.24, 2.45) is 0 Å². The third-order valence-electron chi connectivity index (χ3n) is 4.89. The lowest BCUT2D eigenvalue weighted by Gasteiger charge is -2.22. The third-order valence-corrected chi connectivity index (χ3v) is 6.19. The van der Waals surface area contributed by atoms with Crippen LogP contribution in [0.5, 0.6) is 0 Å². The molecule has 160 valence electrons. The lowest BCUT2D eigenvalue weighted by Crippen LogP contribution is -2.43. The number of pyridine rings is 1.